The molecule has 0 bridgehead atoms. The van der Waals surface area contributed by atoms with Gasteiger partial charge < -0.3 is 20.1 Å². The molecule has 0 fully saturated rings. The van der Waals surface area contributed by atoms with Gasteiger partial charge in [0.15, 0.2) is 5.96 Å². The first-order chi connectivity index (χ1) is 14.2. The molecule has 0 aliphatic heterocycles. The van der Waals surface area contributed by atoms with Crippen molar-refractivity contribution < 1.29 is 13.9 Å². The number of rotatable bonds is 7. The van der Waals surface area contributed by atoms with Crippen molar-refractivity contribution in [2.45, 2.75) is 13.1 Å². The lowest BCUT2D eigenvalue weighted by molar-refractivity contribution is 0.412. The highest BCUT2D eigenvalue weighted by Gasteiger charge is 2.04. The summed E-state index contributed by atoms with van der Waals surface area (Å²) in [6.07, 6.45) is 1.73. The highest BCUT2D eigenvalue weighted by atomic mass is 19.1. The van der Waals surface area contributed by atoms with Gasteiger partial charge in [0.1, 0.15) is 17.3 Å². The number of ether oxygens (including phenoxy) is 2. The van der Waals surface area contributed by atoms with E-state index in [4.69, 9.17) is 9.47 Å². The number of halogens is 1. The van der Waals surface area contributed by atoms with E-state index >= 15 is 0 Å². The molecule has 150 valence electrons. The van der Waals surface area contributed by atoms with Gasteiger partial charge in [0, 0.05) is 38.0 Å². The number of hydrogen-bond acceptors (Lipinski definition) is 4. The van der Waals surface area contributed by atoms with Crippen LogP contribution in [0.5, 0.6) is 17.4 Å². The lowest BCUT2D eigenvalue weighted by atomic mass is 10.2. The maximum absolute atomic E-state index is 13.7. The van der Waals surface area contributed by atoms with Gasteiger partial charge in [-0.05, 0) is 35.9 Å². The zero-order chi connectivity index (χ0) is 20.5. The Hall–Kier alpha value is -3.61. The molecule has 2 N–H and O–H groups in total. The van der Waals surface area contributed by atoms with Crippen LogP contribution < -0.4 is 20.1 Å². The highest BCUT2D eigenvalue weighted by molar-refractivity contribution is 5.79. The summed E-state index contributed by atoms with van der Waals surface area (Å²) in [5, 5.41) is 6.27. The van der Waals surface area contributed by atoms with Crippen molar-refractivity contribution in [3.05, 3.63) is 83.8 Å². The van der Waals surface area contributed by atoms with E-state index in [1.165, 1.54) is 6.07 Å². The summed E-state index contributed by atoms with van der Waals surface area (Å²) in [4.78, 5) is 8.47. The molecule has 0 aliphatic carbocycles. The third-order valence-electron chi connectivity index (χ3n) is 4.17. The minimum absolute atomic E-state index is 0.243. The lowest BCUT2D eigenvalue weighted by Crippen LogP contribution is -2.36. The molecule has 0 radical (unpaired) electrons. The molecule has 1 aromatic heterocycles. The molecule has 0 atom stereocenters. The van der Waals surface area contributed by atoms with Crippen molar-refractivity contribution in [3.8, 4) is 17.4 Å². The van der Waals surface area contributed by atoms with Crippen LogP contribution in [0.25, 0.3) is 0 Å². The molecule has 6 nitrogen and oxygen atoms in total. The third-order valence-corrected chi connectivity index (χ3v) is 4.17. The van der Waals surface area contributed by atoms with Gasteiger partial charge in [-0.2, -0.15) is 0 Å². The smallest absolute Gasteiger partial charge is 0.219 e. The van der Waals surface area contributed by atoms with Crippen LogP contribution in [0.1, 0.15) is 11.1 Å². The lowest BCUT2D eigenvalue weighted by Gasteiger charge is -2.12. The molecule has 29 heavy (non-hydrogen) atoms. The normalized spacial score (nSPS) is 11.1. The monoisotopic (exact) mass is 394 g/mol. The quantitative estimate of drug-likeness (QED) is 0.470. The Bertz CT molecular complexity index is 944. The summed E-state index contributed by atoms with van der Waals surface area (Å²) < 4.78 is 24.5. The predicted octanol–water partition coefficient (Wildman–Crippen LogP) is 3.89. The Morgan fingerprint density at radius 2 is 1.69 bits per heavy atom. The van der Waals surface area contributed by atoms with Gasteiger partial charge in [-0.25, -0.2) is 9.37 Å². The largest absolute Gasteiger partial charge is 0.497 e. The van der Waals surface area contributed by atoms with Gasteiger partial charge in [0.25, 0.3) is 0 Å². The van der Waals surface area contributed by atoms with E-state index in [-0.39, 0.29) is 5.82 Å². The van der Waals surface area contributed by atoms with Gasteiger partial charge in [-0.15, -0.1) is 0 Å². The number of aliphatic imine (C=N–C) groups is 1. The Kier molecular flexibility index (Phi) is 7.00. The highest BCUT2D eigenvalue weighted by Crippen LogP contribution is 2.22. The number of hydrogen-bond donors (Lipinski definition) is 2. The summed E-state index contributed by atoms with van der Waals surface area (Å²) in [5.41, 5.74) is 1.54. The number of guanidine groups is 1. The van der Waals surface area contributed by atoms with E-state index in [0.29, 0.717) is 36.2 Å². The molecule has 7 heteroatoms. The molecule has 0 saturated carbocycles. The van der Waals surface area contributed by atoms with Crippen LogP contribution in [-0.2, 0) is 13.1 Å². The fraction of sp³-hybridized carbons (Fsp3) is 0.182. The van der Waals surface area contributed by atoms with Gasteiger partial charge in [-0.1, -0.05) is 24.3 Å². The standard InChI is InChI=1S/C22H23FN4O2/c1-24-22(27-15-17-5-3-4-6-20(17)23)26-14-16-7-12-21(25-13-16)29-19-10-8-18(28-2)9-11-19/h3-13H,14-15H2,1-2H3,(H2,24,26,27). The zero-order valence-electron chi connectivity index (χ0n) is 16.4. The number of pyridine rings is 1. The number of methoxy groups -OCH3 is 1. The van der Waals surface area contributed by atoms with Crippen LogP contribution in [0.4, 0.5) is 4.39 Å². The molecule has 2 aromatic carbocycles. The van der Waals surface area contributed by atoms with Gasteiger partial charge in [0.2, 0.25) is 5.88 Å². The van der Waals surface area contributed by atoms with E-state index < -0.39 is 0 Å². The van der Waals surface area contributed by atoms with Crippen molar-refractivity contribution in [2.24, 2.45) is 4.99 Å². The second-order valence-corrected chi connectivity index (χ2v) is 6.15. The maximum Gasteiger partial charge on any atom is 0.219 e. The summed E-state index contributed by atoms with van der Waals surface area (Å²) >= 11 is 0. The zero-order valence-corrected chi connectivity index (χ0v) is 16.4. The molecular weight excluding hydrogens is 371 g/mol. The topological polar surface area (TPSA) is 67.8 Å². The predicted molar refractivity (Wildman–Crippen MR) is 111 cm³/mol. The number of nitrogens with one attached hydrogen (secondary N) is 2. The molecule has 3 rings (SSSR count). The number of aromatic nitrogens is 1. The number of benzene rings is 2. The van der Waals surface area contributed by atoms with Crippen LogP contribution >= 0.6 is 0 Å². The maximum atomic E-state index is 13.7. The second kappa shape index (κ2) is 10.1. The average molecular weight is 394 g/mol. The Morgan fingerprint density at radius 3 is 2.34 bits per heavy atom. The minimum atomic E-state index is -0.243. The van der Waals surface area contributed by atoms with Gasteiger partial charge in [-0.3, -0.25) is 4.99 Å². The van der Waals surface area contributed by atoms with Gasteiger partial charge >= 0.3 is 0 Å². The van der Waals surface area contributed by atoms with E-state index in [2.05, 4.69) is 20.6 Å². The molecular formula is C22H23FN4O2. The molecule has 3 aromatic rings. The molecule has 0 spiro atoms. The SMILES string of the molecule is CN=C(NCc1ccc(Oc2ccc(OC)cc2)nc1)NCc1ccccc1F. The van der Waals surface area contributed by atoms with Crippen molar-refractivity contribution >= 4 is 5.96 Å². The average Bonchev–Trinajstić information content (AvgIpc) is 2.76. The van der Waals surface area contributed by atoms with Crippen molar-refractivity contribution in [3.63, 3.8) is 0 Å². The first kappa shape index (κ1) is 20.1. The summed E-state index contributed by atoms with van der Waals surface area (Å²) in [5.74, 6) is 2.28. The van der Waals surface area contributed by atoms with Crippen molar-refractivity contribution in [2.75, 3.05) is 14.2 Å². The summed E-state index contributed by atoms with van der Waals surface area (Å²) in [6.45, 7) is 0.867. The van der Waals surface area contributed by atoms with E-state index in [0.717, 1.165) is 11.3 Å². The fourth-order valence-corrected chi connectivity index (χ4v) is 2.57. The minimum Gasteiger partial charge on any atom is -0.497 e. The molecule has 0 saturated heterocycles. The fourth-order valence-electron chi connectivity index (χ4n) is 2.57. The van der Waals surface area contributed by atoms with Crippen LogP contribution in [0, 0.1) is 5.82 Å². The van der Waals surface area contributed by atoms with E-state index in [1.54, 1.807) is 44.6 Å². The van der Waals surface area contributed by atoms with Gasteiger partial charge in [0.05, 0.1) is 7.11 Å². The van der Waals surface area contributed by atoms with E-state index in [1.807, 2.05) is 30.3 Å². The Balaban J connectivity index is 1.50. The molecule has 0 aliphatic rings. The van der Waals surface area contributed by atoms with E-state index in [9.17, 15) is 4.39 Å². The van der Waals surface area contributed by atoms with Crippen LogP contribution in [0.15, 0.2) is 71.9 Å². The first-order valence-electron chi connectivity index (χ1n) is 9.12. The number of nitrogens with zero attached hydrogens (tertiary/aromatic N) is 2. The molecule has 0 unspecified atom stereocenters. The first-order valence-corrected chi connectivity index (χ1v) is 9.12. The van der Waals surface area contributed by atoms with Crippen molar-refractivity contribution in [1.82, 2.24) is 15.6 Å². The third kappa shape index (κ3) is 5.93. The Labute approximate surface area is 169 Å². The molecule has 0 amide bonds. The summed E-state index contributed by atoms with van der Waals surface area (Å²) in [7, 11) is 3.29. The van der Waals surface area contributed by atoms with Crippen LogP contribution in [0.3, 0.4) is 0 Å². The Morgan fingerprint density at radius 1 is 0.966 bits per heavy atom. The second-order valence-electron chi connectivity index (χ2n) is 6.15. The van der Waals surface area contributed by atoms with Crippen molar-refractivity contribution in [1.29, 1.82) is 0 Å². The summed E-state index contributed by atoms with van der Waals surface area (Å²) in [6, 6.07) is 17.7. The van der Waals surface area contributed by atoms with Crippen LogP contribution in [-0.4, -0.2) is 25.1 Å². The molecule has 1 heterocycles. The van der Waals surface area contributed by atoms with Crippen LogP contribution in [0.2, 0.25) is 0 Å².